The van der Waals surface area contributed by atoms with Crippen molar-refractivity contribution in [2.45, 2.75) is 24.4 Å². The smallest absolute Gasteiger partial charge is 0.378 e. The van der Waals surface area contributed by atoms with Crippen molar-refractivity contribution in [3.05, 3.63) is 11.5 Å². The number of aliphatic hydroxyl groups is 6. The Bertz CT molecular complexity index is 395. The topological polar surface area (TPSA) is 166 Å². The molecule has 128 valence electrons. The Morgan fingerprint density at radius 1 is 0.955 bits per heavy atom. The molecule has 0 aliphatic carbocycles. The molecule has 0 amide bonds. The van der Waals surface area contributed by atoms with Crippen LogP contribution in [0.2, 0.25) is 0 Å². The fraction of sp³-hybridized carbons (Fsp3) is 0.750. The van der Waals surface area contributed by atoms with Gasteiger partial charge in [0.05, 0.1) is 19.8 Å². The van der Waals surface area contributed by atoms with E-state index in [1.165, 1.54) is 0 Å². The molecular formula is C12H20O10. The Kier molecular flexibility index (Phi) is 7.51. The summed E-state index contributed by atoms with van der Waals surface area (Å²) in [6.07, 6.45) is -5.30. The second kappa shape index (κ2) is 8.88. The average Bonchev–Trinajstić information content (AvgIpc) is 2.85. The number of cyclic esters (lactones) is 1. The highest BCUT2D eigenvalue weighted by molar-refractivity contribution is 5.89. The first-order valence-corrected chi connectivity index (χ1v) is 6.52. The van der Waals surface area contributed by atoms with E-state index >= 15 is 0 Å². The number of ether oxygens (including phenoxy) is 3. The van der Waals surface area contributed by atoms with Gasteiger partial charge in [0, 0.05) is 0 Å². The molecule has 0 saturated heterocycles. The quantitative estimate of drug-likeness (QED) is 0.219. The highest BCUT2D eigenvalue weighted by Gasteiger charge is 2.42. The molecular weight excluding hydrogens is 304 g/mol. The predicted molar refractivity (Wildman–Crippen MR) is 68.1 cm³/mol. The van der Waals surface area contributed by atoms with E-state index in [1.54, 1.807) is 0 Å². The van der Waals surface area contributed by atoms with Gasteiger partial charge in [-0.05, 0) is 0 Å². The van der Waals surface area contributed by atoms with Crippen LogP contribution in [0.25, 0.3) is 0 Å². The van der Waals surface area contributed by atoms with Crippen LogP contribution in [-0.4, -0.2) is 94.1 Å². The van der Waals surface area contributed by atoms with Crippen molar-refractivity contribution in [2.75, 3.05) is 33.0 Å². The number of aliphatic hydroxyl groups excluding tert-OH is 6. The van der Waals surface area contributed by atoms with Gasteiger partial charge in [-0.15, -0.1) is 0 Å². The van der Waals surface area contributed by atoms with Crippen molar-refractivity contribution in [3.63, 3.8) is 0 Å². The minimum atomic E-state index is -1.48. The summed E-state index contributed by atoms with van der Waals surface area (Å²) in [5.41, 5.74) is 0. The van der Waals surface area contributed by atoms with E-state index in [1.807, 2.05) is 0 Å². The minimum absolute atomic E-state index is 0.274. The molecule has 6 N–H and O–H groups in total. The van der Waals surface area contributed by atoms with E-state index in [-0.39, 0.29) is 5.76 Å². The normalized spacial score (nSPS) is 22.3. The summed E-state index contributed by atoms with van der Waals surface area (Å²) in [4.78, 5) is 11.7. The minimum Gasteiger partial charge on any atom is -0.487 e. The van der Waals surface area contributed by atoms with Gasteiger partial charge in [0.25, 0.3) is 0 Å². The van der Waals surface area contributed by atoms with Crippen LogP contribution in [0.15, 0.2) is 11.5 Å². The number of rotatable bonds is 10. The Morgan fingerprint density at radius 2 is 1.50 bits per heavy atom. The largest absolute Gasteiger partial charge is 0.487 e. The van der Waals surface area contributed by atoms with E-state index in [0.717, 1.165) is 0 Å². The maximum atomic E-state index is 11.7. The first-order chi connectivity index (χ1) is 10.4. The van der Waals surface area contributed by atoms with Gasteiger partial charge in [-0.25, -0.2) is 4.79 Å². The first-order valence-electron chi connectivity index (χ1n) is 6.52. The summed E-state index contributed by atoms with van der Waals surface area (Å²) >= 11 is 0. The van der Waals surface area contributed by atoms with E-state index < -0.39 is 69.2 Å². The lowest BCUT2D eigenvalue weighted by Crippen LogP contribution is -2.33. The van der Waals surface area contributed by atoms with Gasteiger partial charge in [-0.1, -0.05) is 0 Å². The molecule has 0 aromatic heterocycles. The number of hydrogen-bond donors (Lipinski definition) is 6. The third-order valence-electron chi connectivity index (χ3n) is 2.71. The van der Waals surface area contributed by atoms with Crippen molar-refractivity contribution in [1.82, 2.24) is 0 Å². The van der Waals surface area contributed by atoms with E-state index in [4.69, 9.17) is 29.5 Å². The Morgan fingerprint density at radius 3 is 2.00 bits per heavy atom. The average molecular weight is 324 g/mol. The second-order valence-corrected chi connectivity index (χ2v) is 4.56. The molecule has 10 nitrogen and oxygen atoms in total. The van der Waals surface area contributed by atoms with Gasteiger partial charge in [0.1, 0.15) is 31.5 Å². The SMILES string of the molecule is O=C1O[C@@H]([C@@H](O)CO)C(OCC(O)CO)=C1OCC(O)CO. The zero-order valence-electron chi connectivity index (χ0n) is 11.7. The fourth-order valence-corrected chi connectivity index (χ4v) is 1.55. The number of hydrogen-bond acceptors (Lipinski definition) is 10. The molecule has 0 saturated carbocycles. The van der Waals surface area contributed by atoms with Crippen LogP contribution in [0.3, 0.4) is 0 Å². The molecule has 0 fully saturated rings. The van der Waals surface area contributed by atoms with Crippen molar-refractivity contribution < 1.29 is 49.6 Å². The van der Waals surface area contributed by atoms with Crippen LogP contribution in [0.1, 0.15) is 0 Å². The number of esters is 1. The Balaban J connectivity index is 2.88. The van der Waals surface area contributed by atoms with Crippen LogP contribution < -0.4 is 0 Å². The lowest BCUT2D eigenvalue weighted by Gasteiger charge is -2.19. The summed E-state index contributed by atoms with van der Waals surface area (Å²) in [5, 5.41) is 54.5. The molecule has 0 aromatic carbocycles. The molecule has 10 heteroatoms. The van der Waals surface area contributed by atoms with Crippen molar-refractivity contribution in [2.24, 2.45) is 0 Å². The Hall–Kier alpha value is -1.43. The third-order valence-corrected chi connectivity index (χ3v) is 2.71. The highest BCUT2D eigenvalue weighted by Crippen LogP contribution is 2.27. The summed E-state index contributed by atoms with van der Waals surface area (Å²) in [5.74, 6) is -1.71. The predicted octanol–water partition coefficient (Wildman–Crippen LogP) is -3.78. The van der Waals surface area contributed by atoms with E-state index in [9.17, 15) is 20.1 Å². The maximum absolute atomic E-state index is 11.7. The van der Waals surface area contributed by atoms with E-state index in [0.29, 0.717) is 0 Å². The van der Waals surface area contributed by atoms with Crippen molar-refractivity contribution >= 4 is 5.97 Å². The monoisotopic (exact) mass is 324 g/mol. The summed E-state index contributed by atoms with van der Waals surface area (Å²) in [7, 11) is 0. The van der Waals surface area contributed by atoms with Gasteiger partial charge in [-0.3, -0.25) is 0 Å². The number of carbonyl (C=O) groups excluding carboxylic acids is 1. The van der Waals surface area contributed by atoms with Crippen molar-refractivity contribution in [3.8, 4) is 0 Å². The van der Waals surface area contributed by atoms with Gasteiger partial charge < -0.3 is 44.8 Å². The molecule has 1 rings (SSSR count). The molecule has 1 aliphatic heterocycles. The third kappa shape index (κ3) is 4.80. The molecule has 22 heavy (non-hydrogen) atoms. The summed E-state index contributed by atoms with van der Waals surface area (Å²) in [6.45, 7) is -2.75. The van der Waals surface area contributed by atoms with Gasteiger partial charge in [0.15, 0.2) is 11.9 Å². The van der Waals surface area contributed by atoms with Crippen LogP contribution in [0.4, 0.5) is 0 Å². The molecule has 0 aromatic rings. The van der Waals surface area contributed by atoms with Gasteiger partial charge >= 0.3 is 5.97 Å². The standard InChI is InChI=1S/C12H20O10/c13-1-6(16)4-20-10-9(8(18)3-15)22-12(19)11(10)21-5-7(17)2-14/h6-9,13-18H,1-5H2/t6?,7?,8-,9-/m0/s1. The second-order valence-electron chi connectivity index (χ2n) is 4.56. The molecule has 2 unspecified atom stereocenters. The lowest BCUT2D eigenvalue weighted by molar-refractivity contribution is -0.149. The van der Waals surface area contributed by atoms with Crippen LogP contribution in [0.5, 0.6) is 0 Å². The molecule has 0 bridgehead atoms. The van der Waals surface area contributed by atoms with Gasteiger partial charge in [0.2, 0.25) is 5.76 Å². The van der Waals surface area contributed by atoms with Crippen molar-refractivity contribution in [1.29, 1.82) is 0 Å². The first kappa shape index (κ1) is 18.6. The maximum Gasteiger partial charge on any atom is 0.378 e. The van der Waals surface area contributed by atoms with Crippen LogP contribution in [-0.2, 0) is 19.0 Å². The van der Waals surface area contributed by atoms with Gasteiger partial charge in [-0.2, -0.15) is 0 Å². The molecule has 0 spiro atoms. The lowest BCUT2D eigenvalue weighted by atomic mass is 10.2. The zero-order valence-corrected chi connectivity index (χ0v) is 11.7. The summed E-state index contributed by atoms with van der Waals surface area (Å²) < 4.78 is 14.9. The Labute approximate surface area is 125 Å². The molecule has 1 aliphatic rings. The highest BCUT2D eigenvalue weighted by atomic mass is 16.6. The molecule has 1 heterocycles. The van der Waals surface area contributed by atoms with Crippen LogP contribution >= 0.6 is 0 Å². The summed E-state index contributed by atoms with van der Waals surface area (Å²) in [6, 6.07) is 0. The fourth-order valence-electron chi connectivity index (χ4n) is 1.55. The zero-order chi connectivity index (χ0) is 16.7. The molecule has 0 radical (unpaired) electrons. The molecule has 4 atom stereocenters. The van der Waals surface area contributed by atoms with Crippen LogP contribution in [0, 0.1) is 0 Å². The number of carbonyl (C=O) groups is 1. The van der Waals surface area contributed by atoms with E-state index in [2.05, 4.69) is 0 Å².